The van der Waals surface area contributed by atoms with E-state index in [1.807, 2.05) is 0 Å². The molecule has 0 saturated carbocycles. The largest absolute Gasteiger partial charge is 0.399 e. The van der Waals surface area contributed by atoms with Gasteiger partial charge in [-0.2, -0.15) is 4.98 Å². The molecular weight excluding hydrogens is 516 g/mol. The van der Waals surface area contributed by atoms with Gasteiger partial charge in [0.2, 0.25) is 5.28 Å². The number of aromatic nitrogens is 2. The van der Waals surface area contributed by atoms with Crippen molar-refractivity contribution in [2.75, 3.05) is 41.5 Å². The summed E-state index contributed by atoms with van der Waals surface area (Å²) < 4.78 is 41.0. The quantitative estimate of drug-likeness (QED) is 0.236. The van der Waals surface area contributed by atoms with E-state index in [9.17, 15) is 12.6 Å². The first-order valence-corrected chi connectivity index (χ1v) is 13.8. The summed E-state index contributed by atoms with van der Waals surface area (Å²) in [6.07, 6.45) is 4.49. The molecule has 0 aliphatic carbocycles. The smallest absolute Gasteiger partial charge is 0.260 e. The third-order valence-electron chi connectivity index (χ3n) is 3.96. The van der Waals surface area contributed by atoms with E-state index >= 15 is 0 Å². The van der Waals surface area contributed by atoms with Crippen molar-refractivity contribution in [3.63, 3.8) is 0 Å². The van der Waals surface area contributed by atoms with Crippen LogP contribution in [0.15, 0.2) is 37.5 Å². The Labute approximate surface area is 190 Å². The lowest BCUT2D eigenvalue weighted by atomic mass is 10.2. The van der Waals surface area contributed by atoms with Crippen molar-refractivity contribution in [1.82, 2.24) is 9.97 Å². The van der Waals surface area contributed by atoms with Gasteiger partial charge in [-0.25, -0.2) is 17.6 Å². The maximum Gasteiger partial charge on any atom is 0.260 e. The Morgan fingerprint density at radius 1 is 1.20 bits per heavy atom. The maximum absolute atomic E-state index is 13.0. The topological polar surface area (TPSA) is 139 Å². The minimum absolute atomic E-state index is 0.162. The molecule has 9 nitrogen and oxygen atoms in total. The van der Waals surface area contributed by atoms with Crippen molar-refractivity contribution in [2.45, 2.75) is 24.7 Å². The molecule has 0 radical (unpaired) electrons. The van der Waals surface area contributed by atoms with Crippen LogP contribution in [0.4, 0.5) is 17.2 Å². The zero-order valence-corrected chi connectivity index (χ0v) is 20.5. The van der Waals surface area contributed by atoms with Crippen molar-refractivity contribution < 1.29 is 12.6 Å². The normalized spacial score (nSPS) is 13.5. The molecule has 1 aromatic carbocycles. The lowest BCUT2D eigenvalue weighted by molar-refractivity contribution is 0.599. The second-order valence-corrected chi connectivity index (χ2v) is 12.0. The van der Waals surface area contributed by atoms with Crippen LogP contribution in [-0.4, -0.2) is 47.7 Å². The van der Waals surface area contributed by atoms with Crippen LogP contribution in [0, 0.1) is 0 Å². The zero-order chi connectivity index (χ0) is 22.4. The lowest BCUT2D eigenvalue weighted by Crippen LogP contribution is -2.12. The number of hydrogen-bond donors (Lipinski definition) is 3. The molecule has 0 bridgehead atoms. The molecule has 0 amide bonds. The summed E-state index contributed by atoms with van der Waals surface area (Å²) >= 11 is 9.14. The Bertz CT molecular complexity index is 1120. The van der Waals surface area contributed by atoms with Gasteiger partial charge < -0.3 is 16.4 Å². The minimum atomic E-state index is -3.76. The standard InChI is InChI=1S/C17H24BrClN6O3S2/c1-3-30(27,28)25-29(2,26)15-7-6-12(20)10-14(15)21-8-4-5-9-22-16-13(18)11-23-17(19)24-16/h6-7,10-11,21H,3-5,8-9,20H2,1-2H3,(H,22,23,24). The fourth-order valence-corrected chi connectivity index (χ4v) is 6.28. The predicted molar refractivity (Wildman–Crippen MR) is 126 cm³/mol. The molecule has 0 saturated heterocycles. The van der Waals surface area contributed by atoms with Crippen LogP contribution < -0.4 is 16.4 Å². The molecule has 4 N–H and O–H groups in total. The van der Waals surface area contributed by atoms with Crippen molar-refractivity contribution >= 4 is 64.5 Å². The van der Waals surface area contributed by atoms with Crippen LogP contribution in [0.25, 0.3) is 0 Å². The summed E-state index contributed by atoms with van der Waals surface area (Å²) in [6.45, 7) is 2.68. The third kappa shape index (κ3) is 7.25. The second-order valence-electron chi connectivity index (χ2n) is 6.40. The first kappa shape index (κ1) is 24.6. The Kier molecular flexibility index (Phi) is 8.71. The van der Waals surface area contributed by atoms with Crippen molar-refractivity contribution in [2.24, 2.45) is 3.77 Å². The zero-order valence-electron chi connectivity index (χ0n) is 16.6. The molecule has 0 aliphatic rings. The average Bonchev–Trinajstić information content (AvgIpc) is 2.66. The first-order valence-electron chi connectivity index (χ1n) is 9.05. The van der Waals surface area contributed by atoms with E-state index < -0.39 is 19.8 Å². The monoisotopic (exact) mass is 538 g/mol. The second kappa shape index (κ2) is 10.6. The molecule has 1 heterocycles. The Morgan fingerprint density at radius 2 is 1.87 bits per heavy atom. The van der Waals surface area contributed by atoms with E-state index in [2.05, 4.69) is 40.3 Å². The van der Waals surface area contributed by atoms with E-state index in [4.69, 9.17) is 17.3 Å². The van der Waals surface area contributed by atoms with Crippen molar-refractivity contribution in [3.05, 3.63) is 34.2 Å². The van der Waals surface area contributed by atoms with Gasteiger partial charge in [0.1, 0.15) is 5.82 Å². The third-order valence-corrected chi connectivity index (χ3v) is 8.67. The summed E-state index contributed by atoms with van der Waals surface area (Å²) in [5.41, 5.74) is 6.83. The maximum atomic E-state index is 13.0. The Morgan fingerprint density at radius 3 is 2.53 bits per heavy atom. The number of hydrogen-bond acceptors (Lipinski definition) is 8. The SMILES string of the molecule is CCS(=O)(=O)N=S(C)(=O)c1ccc(N)cc1NCCCCNc1nc(Cl)ncc1Br. The number of nitrogen functional groups attached to an aromatic ring is 1. The van der Waals surface area contributed by atoms with Crippen LogP contribution in [0.2, 0.25) is 5.28 Å². The highest BCUT2D eigenvalue weighted by atomic mass is 79.9. The van der Waals surface area contributed by atoms with Gasteiger partial charge in [0.25, 0.3) is 10.0 Å². The predicted octanol–water partition coefficient (Wildman–Crippen LogP) is 3.59. The van der Waals surface area contributed by atoms with Gasteiger partial charge in [-0.15, -0.1) is 3.77 Å². The summed E-state index contributed by atoms with van der Waals surface area (Å²) in [4.78, 5) is 8.28. The van der Waals surface area contributed by atoms with E-state index in [-0.39, 0.29) is 11.0 Å². The van der Waals surface area contributed by atoms with Gasteiger partial charge in [0, 0.05) is 31.2 Å². The number of nitrogens with zero attached hydrogens (tertiary/aromatic N) is 3. The fourth-order valence-electron chi connectivity index (χ4n) is 2.47. The lowest BCUT2D eigenvalue weighted by Gasteiger charge is -2.14. The molecule has 0 aliphatic heterocycles. The number of anilines is 3. The number of halogens is 2. The molecule has 13 heteroatoms. The molecule has 1 atom stereocenters. The van der Waals surface area contributed by atoms with Gasteiger partial charge >= 0.3 is 0 Å². The molecular formula is C17H24BrClN6O3S2. The molecule has 2 rings (SSSR count). The van der Waals surface area contributed by atoms with Crippen LogP contribution in [0.5, 0.6) is 0 Å². The Balaban J connectivity index is 2.00. The van der Waals surface area contributed by atoms with E-state index in [0.29, 0.717) is 35.2 Å². The van der Waals surface area contributed by atoms with E-state index in [1.54, 1.807) is 24.4 Å². The summed E-state index contributed by atoms with van der Waals surface area (Å²) in [6, 6.07) is 4.75. The highest BCUT2D eigenvalue weighted by Crippen LogP contribution is 2.26. The van der Waals surface area contributed by atoms with Crippen molar-refractivity contribution in [3.8, 4) is 0 Å². The molecule has 166 valence electrons. The number of nitrogens with two attached hydrogens (primary N) is 1. The van der Waals surface area contributed by atoms with Gasteiger partial charge in [-0.1, -0.05) is 0 Å². The number of rotatable bonds is 10. The molecule has 2 aromatic rings. The average molecular weight is 540 g/mol. The Hall–Kier alpha value is -1.63. The minimum Gasteiger partial charge on any atom is -0.399 e. The van der Waals surface area contributed by atoms with Crippen LogP contribution in [0.1, 0.15) is 19.8 Å². The summed E-state index contributed by atoms with van der Waals surface area (Å²) in [5, 5.41) is 6.52. The van der Waals surface area contributed by atoms with E-state index in [0.717, 1.165) is 17.3 Å². The van der Waals surface area contributed by atoms with Crippen molar-refractivity contribution in [1.29, 1.82) is 0 Å². The van der Waals surface area contributed by atoms with Gasteiger partial charge in [-0.3, -0.25) is 0 Å². The fraction of sp³-hybridized carbons (Fsp3) is 0.412. The number of unbranched alkanes of at least 4 members (excludes halogenated alkanes) is 1. The first-order chi connectivity index (χ1) is 14.0. The molecule has 30 heavy (non-hydrogen) atoms. The van der Waals surface area contributed by atoms with Gasteiger partial charge in [0.05, 0.1) is 30.5 Å². The summed E-state index contributed by atoms with van der Waals surface area (Å²) in [7, 11) is -6.90. The molecule has 0 spiro atoms. The van der Waals surface area contributed by atoms with Crippen LogP contribution >= 0.6 is 27.5 Å². The van der Waals surface area contributed by atoms with E-state index in [1.165, 1.54) is 13.2 Å². The van der Waals surface area contributed by atoms with Gasteiger partial charge in [0.15, 0.2) is 0 Å². The molecule has 0 fully saturated rings. The molecule has 1 unspecified atom stereocenters. The number of nitrogens with one attached hydrogen (secondary N) is 2. The number of benzene rings is 1. The highest BCUT2D eigenvalue weighted by molar-refractivity contribution is 9.10. The molecule has 1 aromatic heterocycles. The highest BCUT2D eigenvalue weighted by Gasteiger charge is 2.17. The summed E-state index contributed by atoms with van der Waals surface area (Å²) in [5.74, 6) is 0.404. The van der Waals surface area contributed by atoms with Crippen LogP contribution in [0.3, 0.4) is 0 Å². The van der Waals surface area contributed by atoms with Gasteiger partial charge in [-0.05, 0) is 65.5 Å². The van der Waals surface area contributed by atoms with Crippen LogP contribution in [-0.2, 0) is 19.8 Å². The number of sulfonamides is 1.